The second-order valence-corrected chi connectivity index (χ2v) is 9.48. The summed E-state index contributed by atoms with van der Waals surface area (Å²) in [6, 6.07) is 1.59. The van der Waals surface area contributed by atoms with Crippen molar-refractivity contribution in [2.24, 2.45) is 10.9 Å². The molecule has 2 aliphatic rings. The van der Waals surface area contributed by atoms with Gasteiger partial charge in [-0.1, -0.05) is 32.1 Å². The van der Waals surface area contributed by atoms with Gasteiger partial charge in [0, 0.05) is 20.2 Å². The van der Waals surface area contributed by atoms with E-state index in [0.717, 1.165) is 38.8 Å². The van der Waals surface area contributed by atoms with Crippen molar-refractivity contribution in [2.45, 2.75) is 83.2 Å². The maximum Gasteiger partial charge on any atom is 0.413 e. The zero-order chi connectivity index (χ0) is 25.5. The number of alkyl carbamates (subject to hydrolysis) is 1. The lowest BCUT2D eigenvalue weighted by Gasteiger charge is -2.38. The highest BCUT2D eigenvalue weighted by atomic mass is 16.5. The number of methoxy groups -OCH3 is 1. The highest BCUT2D eigenvalue weighted by molar-refractivity contribution is 5.95. The molecule has 0 bridgehead atoms. The average Bonchev–Trinajstić information content (AvgIpc) is 2.85. The van der Waals surface area contributed by atoms with E-state index in [1.54, 1.807) is 14.0 Å². The lowest BCUT2D eigenvalue weighted by molar-refractivity contribution is -0.125. The van der Waals surface area contributed by atoms with Gasteiger partial charge in [0.2, 0.25) is 11.9 Å². The van der Waals surface area contributed by atoms with Crippen molar-refractivity contribution in [1.82, 2.24) is 20.9 Å². The Labute approximate surface area is 210 Å². The first-order valence-electron chi connectivity index (χ1n) is 13.1. The van der Waals surface area contributed by atoms with Crippen LogP contribution in [0.4, 0.5) is 4.79 Å². The summed E-state index contributed by atoms with van der Waals surface area (Å²) in [5.41, 5.74) is -0.549. The zero-order valence-corrected chi connectivity index (χ0v) is 21.7. The number of guanidine groups is 1. The standard InChI is InChI=1S/C25H44N6O4/c1-4-31(17-18-34-3)23(29-24(33)35-5-2)28-21(19-20-9-7-6-8-10-20)22(32)30-25(11-14-26)12-15-27-16-13-25/h20-21,27H,4-13,15-19H2,1-3H3,(H,30,32)(H,28,29,33). The lowest BCUT2D eigenvalue weighted by Crippen LogP contribution is -2.57. The van der Waals surface area contributed by atoms with E-state index in [1.165, 1.54) is 6.42 Å². The molecule has 1 atom stereocenters. The monoisotopic (exact) mass is 492 g/mol. The molecular formula is C25H44N6O4. The quantitative estimate of drug-likeness (QED) is 0.299. The van der Waals surface area contributed by atoms with Crippen LogP contribution in [0, 0.1) is 17.2 Å². The Balaban J connectivity index is 2.34. The maximum atomic E-state index is 13.7. The van der Waals surface area contributed by atoms with Crippen molar-refractivity contribution in [1.29, 1.82) is 5.26 Å². The molecule has 3 N–H and O–H groups in total. The molecule has 2 fully saturated rings. The van der Waals surface area contributed by atoms with Gasteiger partial charge in [-0.3, -0.25) is 10.1 Å². The Kier molecular flexibility index (Phi) is 12.8. The molecule has 1 aliphatic carbocycles. The minimum absolute atomic E-state index is 0.182. The van der Waals surface area contributed by atoms with E-state index < -0.39 is 17.7 Å². The number of carbonyl (C=O) groups excluding carboxylic acids is 2. The van der Waals surface area contributed by atoms with Gasteiger partial charge in [-0.2, -0.15) is 5.26 Å². The molecule has 0 radical (unpaired) electrons. The summed E-state index contributed by atoms with van der Waals surface area (Å²) in [5.74, 6) is 0.540. The van der Waals surface area contributed by atoms with Crippen molar-refractivity contribution < 1.29 is 19.1 Å². The molecule has 0 aromatic rings. The highest BCUT2D eigenvalue weighted by Crippen LogP contribution is 2.29. The normalized spacial score (nSPS) is 19.3. The predicted molar refractivity (Wildman–Crippen MR) is 135 cm³/mol. The first-order chi connectivity index (χ1) is 17.0. The topological polar surface area (TPSA) is 128 Å². The molecule has 2 rings (SSSR count). The molecule has 10 nitrogen and oxygen atoms in total. The molecule has 1 saturated heterocycles. The van der Waals surface area contributed by atoms with Gasteiger partial charge in [-0.05, 0) is 52.1 Å². The summed E-state index contributed by atoms with van der Waals surface area (Å²) in [6.45, 7) is 7.01. The SMILES string of the molecule is CCOC(=O)NC(=NC(CC1CCCCC1)C(=O)NC1(CC#N)CCNCC1)N(CC)CCOC. The summed E-state index contributed by atoms with van der Waals surface area (Å²) < 4.78 is 10.3. The van der Waals surface area contributed by atoms with Crippen LogP contribution in [0.15, 0.2) is 4.99 Å². The Morgan fingerprint density at radius 1 is 1.23 bits per heavy atom. The number of piperidine rings is 1. The first-order valence-corrected chi connectivity index (χ1v) is 13.1. The molecule has 1 aliphatic heterocycles. The van der Waals surface area contributed by atoms with Gasteiger partial charge in [0.05, 0.1) is 31.2 Å². The summed E-state index contributed by atoms with van der Waals surface area (Å²) in [5, 5.41) is 18.7. The largest absolute Gasteiger partial charge is 0.450 e. The van der Waals surface area contributed by atoms with E-state index >= 15 is 0 Å². The number of nitrogens with one attached hydrogen (secondary N) is 3. The van der Waals surface area contributed by atoms with E-state index in [9.17, 15) is 14.9 Å². The molecule has 198 valence electrons. The number of nitriles is 1. The number of amides is 2. The average molecular weight is 493 g/mol. The number of rotatable bonds is 11. The van der Waals surface area contributed by atoms with E-state index in [0.29, 0.717) is 50.8 Å². The van der Waals surface area contributed by atoms with E-state index in [2.05, 4.69) is 22.0 Å². The van der Waals surface area contributed by atoms with Crippen LogP contribution in [0.25, 0.3) is 0 Å². The third-order valence-corrected chi connectivity index (χ3v) is 6.96. The van der Waals surface area contributed by atoms with Crippen molar-refractivity contribution in [3.8, 4) is 6.07 Å². The fourth-order valence-corrected chi connectivity index (χ4v) is 4.92. The van der Waals surface area contributed by atoms with Gasteiger partial charge in [-0.15, -0.1) is 0 Å². The van der Waals surface area contributed by atoms with Crippen molar-refractivity contribution in [3.63, 3.8) is 0 Å². The second-order valence-electron chi connectivity index (χ2n) is 9.48. The summed E-state index contributed by atoms with van der Waals surface area (Å²) in [4.78, 5) is 32.8. The van der Waals surface area contributed by atoms with Crippen LogP contribution < -0.4 is 16.0 Å². The minimum atomic E-state index is -0.669. The van der Waals surface area contributed by atoms with Crippen molar-refractivity contribution in [2.75, 3.05) is 46.5 Å². The molecule has 0 aromatic heterocycles. The van der Waals surface area contributed by atoms with E-state index in [-0.39, 0.29) is 18.9 Å². The van der Waals surface area contributed by atoms with Gasteiger partial charge in [0.25, 0.3) is 0 Å². The number of hydrogen-bond acceptors (Lipinski definition) is 7. The van der Waals surface area contributed by atoms with E-state index in [4.69, 9.17) is 14.5 Å². The Bertz CT molecular complexity index is 726. The molecule has 0 spiro atoms. The number of carbonyl (C=O) groups is 2. The van der Waals surface area contributed by atoms with Crippen LogP contribution in [0.5, 0.6) is 0 Å². The molecule has 1 heterocycles. The number of aliphatic imine (C=N–C) groups is 1. The summed E-state index contributed by atoms with van der Waals surface area (Å²) >= 11 is 0. The van der Waals surface area contributed by atoms with Crippen LogP contribution in [0.3, 0.4) is 0 Å². The molecular weight excluding hydrogens is 448 g/mol. The van der Waals surface area contributed by atoms with Crippen LogP contribution in [0.1, 0.15) is 71.6 Å². The number of hydrogen-bond donors (Lipinski definition) is 3. The van der Waals surface area contributed by atoms with Crippen LogP contribution in [0.2, 0.25) is 0 Å². The zero-order valence-electron chi connectivity index (χ0n) is 21.7. The van der Waals surface area contributed by atoms with Crippen LogP contribution in [-0.4, -0.2) is 80.9 Å². The Morgan fingerprint density at radius 3 is 2.54 bits per heavy atom. The number of likely N-dealkylation sites (N-methyl/N-ethyl adjacent to an activating group) is 1. The predicted octanol–water partition coefficient (Wildman–Crippen LogP) is 2.55. The molecule has 35 heavy (non-hydrogen) atoms. The van der Waals surface area contributed by atoms with Crippen molar-refractivity contribution >= 4 is 18.0 Å². The third-order valence-electron chi connectivity index (χ3n) is 6.96. The Hall–Kier alpha value is -2.38. The smallest absolute Gasteiger partial charge is 0.413 e. The number of ether oxygens (including phenoxy) is 2. The number of nitrogens with zero attached hydrogens (tertiary/aromatic N) is 3. The fourth-order valence-electron chi connectivity index (χ4n) is 4.92. The molecule has 0 aromatic carbocycles. The van der Waals surface area contributed by atoms with Crippen LogP contribution in [-0.2, 0) is 14.3 Å². The third kappa shape index (κ3) is 9.65. The molecule has 2 amide bonds. The lowest BCUT2D eigenvalue weighted by atomic mass is 9.83. The molecule has 1 saturated carbocycles. The molecule has 10 heteroatoms. The first kappa shape index (κ1) is 28.9. The van der Waals surface area contributed by atoms with Crippen LogP contribution >= 0.6 is 0 Å². The Morgan fingerprint density at radius 2 is 1.94 bits per heavy atom. The second kappa shape index (κ2) is 15.6. The van der Waals surface area contributed by atoms with Gasteiger partial charge < -0.3 is 25.0 Å². The van der Waals surface area contributed by atoms with Gasteiger partial charge in [-0.25, -0.2) is 9.79 Å². The van der Waals surface area contributed by atoms with E-state index in [1.807, 2.05) is 11.8 Å². The molecule has 1 unspecified atom stereocenters. The van der Waals surface area contributed by atoms with Gasteiger partial charge >= 0.3 is 6.09 Å². The van der Waals surface area contributed by atoms with Gasteiger partial charge in [0.1, 0.15) is 6.04 Å². The summed E-state index contributed by atoms with van der Waals surface area (Å²) in [7, 11) is 1.62. The van der Waals surface area contributed by atoms with Gasteiger partial charge in [0.15, 0.2) is 0 Å². The van der Waals surface area contributed by atoms with Crippen molar-refractivity contribution in [3.05, 3.63) is 0 Å². The summed E-state index contributed by atoms with van der Waals surface area (Å²) in [6.07, 6.45) is 7.40. The highest BCUT2D eigenvalue weighted by Gasteiger charge is 2.36. The maximum absolute atomic E-state index is 13.7. The fraction of sp³-hybridized carbons (Fsp3) is 0.840. The minimum Gasteiger partial charge on any atom is -0.450 e.